The van der Waals surface area contributed by atoms with Gasteiger partial charge in [0.25, 0.3) is 5.56 Å². The van der Waals surface area contributed by atoms with E-state index >= 15 is 0 Å². The Labute approximate surface area is 158 Å². The van der Waals surface area contributed by atoms with Gasteiger partial charge in [-0.05, 0) is 12.5 Å². The molecule has 2 aliphatic rings. The third-order valence-electron chi connectivity index (χ3n) is 5.60. The fraction of sp³-hybridized carbons (Fsp3) is 0.316. The predicted octanol–water partition coefficient (Wildman–Crippen LogP) is 1.51. The first-order valence-electron chi connectivity index (χ1n) is 9.07. The van der Waals surface area contributed by atoms with Gasteiger partial charge in [0.1, 0.15) is 24.7 Å². The van der Waals surface area contributed by atoms with Gasteiger partial charge in [-0.2, -0.15) is 4.98 Å². The molecule has 140 valence electrons. The first-order valence-corrected chi connectivity index (χ1v) is 9.07. The van der Waals surface area contributed by atoms with Gasteiger partial charge >= 0.3 is 0 Å². The molecular formula is C19H16N6O3. The summed E-state index contributed by atoms with van der Waals surface area (Å²) < 4.78 is 14.6. The van der Waals surface area contributed by atoms with Crippen molar-refractivity contribution in [3.05, 3.63) is 64.0 Å². The predicted molar refractivity (Wildman–Crippen MR) is 97.2 cm³/mol. The molecule has 1 aliphatic carbocycles. The van der Waals surface area contributed by atoms with Crippen molar-refractivity contribution in [2.24, 2.45) is 7.05 Å². The molecule has 1 aromatic carbocycles. The van der Waals surface area contributed by atoms with E-state index in [1.165, 1.54) is 16.5 Å². The van der Waals surface area contributed by atoms with Gasteiger partial charge in [0.05, 0.1) is 12.2 Å². The van der Waals surface area contributed by atoms with Crippen molar-refractivity contribution in [2.75, 3.05) is 0 Å². The number of benzene rings is 1. The normalized spacial score (nSPS) is 22.1. The lowest BCUT2D eigenvalue weighted by atomic mass is 10.1. The zero-order valence-corrected chi connectivity index (χ0v) is 15.2. The Morgan fingerprint density at radius 2 is 2.04 bits per heavy atom. The van der Waals surface area contributed by atoms with E-state index in [0.717, 1.165) is 11.3 Å². The minimum absolute atomic E-state index is 0.0664. The molecule has 9 heteroatoms. The molecule has 0 spiro atoms. The lowest BCUT2D eigenvalue weighted by molar-refractivity contribution is 0.304. The molecule has 4 heterocycles. The molecule has 0 radical (unpaired) electrons. The molecule has 0 bridgehead atoms. The summed E-state index contributed by atoms with van der Waals surface area (Å²) in [4.78, 5) is 25.5. The third-order valence-corrected chi connectivity index (χ3v) is 5.60. The molecule has 0 amide bonds. The highest BCUT2D eigenvalue weighted by molar-refractivity contribution is 5.68. The quantitative estimate of drug-likeness (QED) is 0.534. The number of para-hydroxylation sites is 1. The average Bonchev–Trinajstić information content (AvgIpc) is 3.04. The van der Waals surface area contributed by atoms with Gasteiger partial charge in [0, 0.05) is 18.5 Å². The van der Waals surface area contributed by atoms with Gasteiger partial charge in [-0.3, -0.25) is 9.36 Å². The maximum Gasteiger partial charge on any atom is 0.280 e. The summed E-state index contributed by atoms with van der Waals surface area (Å²) in [5, 5.41) is 4.13. The Morgan fingerprint density at radius 3 is 2.93 bits per heavy atom. The van der Waals surface area contributed by atoms with Crippen LogP contribution in [0.4, 0.5) is 0 Å². The number of nitrogens with zero attached hydrogens (tertiary/aromatic N) is 6. The van der Waals surface area contributed by atoms with Crippen molar-refractivity contribution in [3.63, 3.8) is 0 Å². The van der Waals surface area contributed by atoms with Crippen LogP contribution in [-0.4, -0.2) is 35.3 Å². The van der Waals surface area contributed by atoms with Crippen LogP contribution in [0.25, 0.3) is 11.2 Å². The van der Waals surface area contributed by atoms with Crippen LogP contribution >= 0.6 is 0 Å². The summed E-state index contributed by atoms with van der Waals surface area (Å²) in [6.07, 6.45) is 3.09. The van der Waals surface area contributed by atoms with E-state index < -0.39 is 0 Å². The van der Waals surface area contributed by atoms with E-state index in [1.807, 2.05) is 6.07 Å². The highest BCUT2D eigenvalue weighted by Gasteiger charge is 2.61. The molecule has 0 N–H and O–H groups in total. The van der Waals surface area contributed by atoms with Crippen molar-refractivity contribution in [2.45, 2.75) is 31.4 Å². The minimum atomic E-state index is -0.194. The molecule has 1 aliphatic heterocycles. The number of fused-ring (bicyclic) bond motifs is 4. The summed E-state index contributed by atoms with van der Waals surface area (Å²) >= 11 is 0. The number of hydrogen-bond donors (Lipinski definition) is 0. The van der Waals surface area contributed by atoms with Gasteiger partial charge in [0.15, 0.2) is 17.0 Å². The minimum Gasteiger partial charge on any atom is -0.488 e. The van der Waals surface area contributed by atoms with Crippen molar-refractivity contribution in [1.29, 1.82) is 0 Å². The number of aryl methyl sites for hydroxylation is 2. The molecule has 4 aromatic rings. The number of rotatable bonds is 3. The summed E-state index contributed by atoms with van der Waals surface area (Å²) in [5.74, 6) is 2.35. The van der Waals surface area contributed by atoms with Gasteiger partial charge in [-0.1, -0.05) is 23.4 Å². The molecule has 0 unspecified atom stereocenters. The number of imidazole rings is 1. The second-order valence-electron chi connectivity index (χ2n) is 7.38. The lowest BCUT2D eigenvalue weighted by Gasteiger charge is -2.08. The van der Waals surface area contributed by atoms with Gasteiger partial charge < -0.3 is 13.8 Å². The van der Waals surface area contributed by atoms with E-state index in [0.29, 0.717) is 22.9 Å². The van der Waals surface area contributed by atoms with E-state index in [1.54, 1.807) is 17.9 Å². The van der Waals surface area contributed by atoms with Crippen LogP contribution in [0.3, 0.4) is 0 Å². The van der Waals surface area contributed by atoms with Crippen LogP contribution in [0.1, 0.15) is 34.7 Å². The smallest absolute Gasteiger partial charge is 0.280 e. The van der Waals surface area contributed by atoms with E-state index in [9.17, 15) is 4.79 Å². The average molecular weight is 376 g/mol. The van der Waals surface area contributed by atoms with Crippen molar-refractivity contribution in [3.8, 4) is 5.75 Å². The highest BCUT2D eigenvalue weighted by Crippen LogP contribution is 2.63. The first kappa shape index (κ1) is 15.6. The van der Waals surface area contributed by atoms with Crippen LogP contribution in [0.5, 0.6) is 5.75 Å². The third kappa shape index (κ3) is 2.04. The Kier molecular flexibility index (Phi) is 2.93. The number of hydrogen-bond acceptors (Lipinski definition) is 7. The Bertz CT molecular complexity index is 1300. The molecule has 6 rings (SSSR count). The zero-order valence-electron chi connectivity index (χ0n) is 15.2. The molecule has 28 heavy (non-hydrogen) atoms. The fourth-order valence-corrected chi connectivity index (χ4v) is 4.14. The Balaban J connectivity index is 1.28. The molecule has 3 aromatic heterocycles. The number of ether oxygens (including phenoxy) is 1. The van der Waals surface area contributed by atoms with Crippen molar-refractivity contribution in [1.82, 2.24) is 29.2 Å². The van der Waals surface area contributed by atoms with Gasteiger partial charge in [-0.15, -0.1) is 0 Å². The molecule has 1 fully saturated rings. The topological polar surface area (TPSA) is 101 Å². The molecular weight excluding hydrogens is 360 g/mol. The molecule has 0 saturated heterocycles. The molecule has 1 saturated carbocycles. The standard InChI is InChI=1S/C19H16N6O3/c1-9-4-3-5-10-12-13(16(12)27-15(9)10)17-22-11(28-23-17)6-25-8-21-18-14(19(25)26)24(2)7-20-18/h3-5,7-8,12-13,16H,6H2,1-2H3/t12-,13-,16-/m1/s1. The summed E-state index contributed by atoms with van der Waals surface area (Å²) in [7, 11) is 1.76. The van der Waals surface area contributed by atoms with Crippen LogP contribution < -0.4 is 10.3 Å². The van der Waals surface area contributed by atoms with Crippen molar-refractivity contribution < 1.29 is 9.26 Å². The maximum atomic E-state index is 12.6. The van der Waals surface area contributed by atoms with Gasteiger partial charge in [-0.25, -0.2) is 9.97 Å². The summed E-state index contributed by atoms with van der Waals surface area (Å²) in [5.41, 5.74) is 3.03. The van der Waals surface area contributed by atoms with Crippen LogP contribution in [-0.2, 0) is 13.6 Å². The van der Waals surface area contributed by atoms with E-state index in [-0.39, 0.29) is 30.0 Å². The second-order valence-corrected chi connectivity index (χ2v) is 7.38. The van der Waals surface area contributed by atoms with Crippen LogP contribution in [0.2, 0.25) is 0 Å². The van der Waals surface area contributed by atoms with E-state index in [4.69, 9.17) is 9.26 Å². The molecule has 9 nitrogen and oxygen atoms in total. The van der Waals surface area contributed by atoms with Gasteiger partial charge in [0.2, 0.25) is 5.89 Å². The second kappa shape index (κ2) is 5.28. The largest absolute Gasteiger partial charge is 0.488 e. The number of aromatic nitrogens is 6. The first-order chi connectivity index (χ1) is 13.6. The van der Waals surface area contributed by atoms with Crippen LogP contribution in [0.15, 0.2) is 40.2 Å². The molecule has 3 atom stereocenters. The van der Waals surface area contributed by atoms with Crippen molar-refractivity contribution >= 4 is 11.2 Å². The summed E-state index contributed by atoms with van der Waals surface area (Å²) in [6, 6.07) is 6.20. The lowest BCUT2D eigenvalue weighted by Crippen LogP contribution is -2.22. The monoisotopic (exact) mass is 376 g/mol. The fourth-order valence-electron chi connectivity index (χ4n) is 4.14. The SMILES string of the molecule is Cc1cccc2c1O[C@H]1[C@H](c3noc(Cn4cnc5ncn(C)c5c4=O)n3)[C@@H]21. The highest BCUT2D eigenvalue weighted by atomic mass is 16.5. The maximum absolute atomic E-state index is 12.6. The van der Waals surface area contributed by atoms with Crippen LogP contribution in [0, 0.1) is 6.92 Å². The summed E-state index contributed by atoms with van der Waals surface area (Å²) in [6.45, 7) is 2.22. The Hall–Kier alpha value is -3.49. The zero-order chi connectivity index (χ0) is 19.0. The Morgan fingerprint density at radius 1 is 1.18 bits per heavy atom. The van der Waals surface area contributed by atoms with E-state index in [2.05, 4.69) is 39.2 Å².